The molecule has 0 saturated heterocycles. The summed E-state index contributed by atoms with van der Waals surface area (Å²) in [4.78, 5) is 16.7. The van der Waals surface area contributed by atoms with Crippen molar-refractivity contribution < 1.29 is 4.79 Å². The fourth-order valence-corrected chi connectivity index (χ4v) is 2.86. The van der Waals surface area contributed by atoms with E-state index in [0.29, 0.717) is 16.4 Å². The molecule has 0 bridgehead atoms. The Morgan fingerprint density at radius 3 is 2.52 bits per heavy atom. The summed E-state index contributed by atoms with van der Waals surface area (Å²) in [5, 5.41) is 9.23. The summed E-state index contributed by atoms with van der Waals surface area (Å²) in [5.74, 6) is 0. The number of amides is 2. The Hall–Kier alpha value is -2.37. The number of aryl methyl sites for hydroxylation is 1. The lowest BCUT2D eigenvalue weighted by atomic mass is 10.1. The third kappa shape index (κ3) is 3.88. The van der Waals surface area contributed by atoms with Gasteiger partial charge in [0.1, 0.15) is 0 Å². The average Bonchev–Trinajstić information content (AvgIpc) is 2.96. The van der Waals surface area contributed by atoms with Gasteiger partial charge in [-0.1, -0.05) is 29.8 Å². The molecule has 3 aromatic rings. The Balaban J connectivity index is 1.77. The number of hydrogen-bond acceptors (Lipinski definition) is 3. The van der Waals surface area contributed by atoms with Crippen molar-refractivity contribution in [3.8, 4) is 11.3 Å². The standard InChI is InChI=1S/C17H14ClN3OS/c1-11-19-16(10-23-11)14-4-2-3-5-15(14)21-17(22)20-13-8-6-12(18)7-9-13/h2-10H,1H3,(H2,20,21,22). The van der Waals surface area contributed by atoms with Crippen molar-refractivity contribution >= 4 is 40.3 Å². The van der Waals surface area contributed by atoms with E-state index >= 15 is 0 Å². The Kier molecular flexibility index (Phi) is 4.60. The second kappa shape index (κ2) is 6.81. The maximum absolute atomic E-state index is 12.2. The number of carbonyl (C=O) groups is 1. The van der Waals surface area contributed by atoms with Crippen LogP contribution in [-0.4, -0.2) is 11.0 Å². The van der Waals surface area contributed by atoms with E-state index in [1.54, 1.807) is 35.6 Å². The van der Waals surface area contributed by atoms with E-state index in [1.807, 2.05) is 36.6 Å². The minimum absolute atomic E-state index is 0.313. The van der Waals surface area contributed by atoms with Crippen LogP contribution in [0.4, 0.5) is 16.2 Å². The number of rotatable bonds is 3. The number of urea groups is 1. The normalized spacial score (nSPS) is 10.3. The van der Waals surface area contributed by atoms with Crippen LogP contribution in [0.5, 0.6) is 0 Å². The number of anilines is 2. The molecule has 2 N–H and O–H groups in total. The summed E-state index contributed by atoms with van der Waals surface area (Å²) in [6.45, 7) is 1.96. The molecule has 23 heavy (non-hydrogen) atoms. The lowest BCUT2D eigenvalue weighted by Gasteiger charge is -2.11. The highest BCUT2D eigenvalue weighted by atomic mass is 35.5. The Morgan fingerprint density at radius 2 is 1.83 bits per heavy atom. The lowest BCUT2D eigenvalue weighted by Crippen LogP contribution is -2.19. The molecule has 0 unspecified atom stereocenters. The second-order valence-corrected chi connectivity index (χ2v) is 6.38. The van der Waals surface area contributed by atoms with Crippen LogP contribution in [0.15, 0.2) is 53.9 Å². The third-order valence-corrected chi connectivity index (χ3v) is 4.20. The number of thiazole rings is 1. The number of aromatic nitrogens is 1. The topological polar surface area (TPSA) is 54.0 Å². The fourth-order valence-electron chi connectivity index (χ4n) is 2.12. The zero-order valence-electron chi connectivity index (χ0n) is 12.3. The first-order valence-electron chi connectivity index (χ1n) is 6.97. The molecule has 0 saturated carbocycles. The smallest absolute Gasteiger partial charge is 0.308 e. The molecule has 4 nitrogen and oxygen atoms in total. The molecule has 1 aromatic heterocycles. The van der Waals surface area contributed by atoms with Gasteiger partial charge in [0.25, 0.3) is 0 Å². The van der Waals surface area contributed by atoms with E-state index in [0.717, 1.165) is 16.3 Å². The monoisotopic (exact) mass is 343 g/mol. The summed E-state index contributed by atoms with van der Waals surface area (Å²) in [7, 11) is 0. The van der Waals surface area contributed by atoms with Crippen molar-refractivity contribution in [3.63, 3.8) is 0 Å². The number of nitrogens with zero attached hydrogens (tertiary/aromatic N) is 1. The van der Waals surface area contributed by atoms with Crippen molar-refractivity contribution in [2.45, 2.75) is 6.92 Å². The summed E-state index contributed by atoms with van der Waals surface area (Å²) in [6, 6.07) is 14.2. The third-order valence-electron chi connectivity index (χ3n) is 3.17. The summed E-state index contributed by atoms with van der Waals surface area (Å²) < 4.78 is 0. The molecule has 2 aromatic carbocycles. The number of benzene rings is 2. The Bertz CT molecular complexity index is 830. The van der Waals surface area contributed by atoms with Gasteiger partial charge in [0.15, 0.2) is 0 Å². The molecule has 116 valence electrons. The van der Waals surface area contributed by atoms with Crippen molar-refractivity contribution in [1.82, 2.24) is 4.98 Å². The van der Waals surface area contributed by atoms with Gasteiger partial charge >= 0.3 is 6.03 Å². The van der Waals surface area contributed by atoms with E-state index in [4.69, 9.17) is 11.6 Å². The predicted molar refractivity (Wildman–Crippen MR) is 96.4 cm³/mol. The molecule has 0 spiro atoms. The second-order valence-electron chi connectivity index (χ2n) is 4.88. The molecular weight excluding hydrogens is 330 g/mol. The molecular formula is C17H14ClN3OS. The fraction of sp³-hybridized carbons (Fsp3) is 0.0588. The largest absolute Gasteiger partial charge is 0.323 e. The van der Waals surface area contributed by atoms with Gasteiger partial charge in [-0.15, -0.1) is 11.3 Å². The van der Waals surface area contributed by atoms with Gasteiger partial charge in [-0.25, -0.2) is 9.78 Å². The molecule has 0 radical (unpaired) electrons. The van der Waals surface area contributed by atoms with E-state index < -0.39 is 0 Å². The molecule has 0 atom stereocenters. The van der Waals surface area contributed by atoms with E-state index in [2.05, 4.69) is 15.6 Å². The van der Waals surface area contributed by atoms with Gasteiger partial charge < -0.3 is 10.6 Å². The first kappa shape index (κ1) is 15.5. The van der Waals surface area contributed by atoms with Crippen LogP contribution < -0.4 is 10.6 Å². The number of carbonyl (C=O) groups excluding carboxylic acids is 1. The quantitative estimate of drug-likeness (QED) is 0.667. The minimum Gasteiger partial charge on any atom is -0.308 e. The van der Waals surface area contributed by atoms with Crippen LogP contribution in [0.1, 0.15) is 5.01 Å². The van der Waals surface area contributed by atoms with Gasteiger partial charge in [-0.05, 0) is 37.3 Å². The minimum atomic E-state index is -0.313. The van der Waals surface area contributed by atoms with Crippen LogP contribution >= 0.6 is 22.9 Å². The van der Waals surface area contributed by atoms with Crippen molar-refractivity contribution in [2.24, 2.45) is 0 Å². The highest BCUT2D eigenvalue weighted by Crippen LogP contribution is 2.28. The zero-order valence-corrected chi connectivity index (χ0v) is 13.9. The van der Waals surface area contributed by atoms with E-state index in [1.165, 1.54) is 0 Å². The maximum atomic E-state index is 12.2. The summed E-state index contributed by atoms with van der Waals surface area (Å²) in [6.07, 6.45) is 0. The number of para-hydroxylation sites is 1. The van der Waals surface area contributed by atoms with E-state index in [9.17, 15) is 4.79 Å². The average molecular weight is 344 g/mol. The van der Waals surface area contributed by atoms with Gasteiger partial charge in [-0.3, -0.25) is 0 Å². The number of nitrogens with one attached hydrogen (secondary N) is 2. The molecule has 3 rings (SSSR count). The van der Waals surface area contributed by atoms with Crippen molar-refractivity contribution in [2.75, 3.05) is 10.6 Å². The predicted octanol–water partition coefficient (Wildman–Crippen LogP) is 5.42. The Morgan fingerprint density at radius 1 is 1.09 bits per heavy atom. The van der Waals surface area contributed by atoms with Crippen LogP contribution in [0.3, 0.4) is 0 Å². The first-order chi connectivity index (χ1) is 11.1. The molecule has 0 aliphatic rings. The molecule has 6 heteroatoms. The lowest BCUT2D eigenvalue weighted by molar-refractivity contribution is 0.262. The summed E-state index contributed by atoms with van der Waals surface area (Å²) >= 11 is 7.41. The molecule has 0 fully saturated rings. The zero-order chi connectivity index (χ0) is 16.2. The van der Waals surface area contributed by atoms with Gasteiger partial charge in [0, 0.05) is 21.7 Å². The molecule has 2 amide bonds. The molecule has 0 aliphatic carbocycles. The first-order valence-corrected chi connectivity index (χ1v) is 8.23. The van der Waals surface area contributed by atoms with E-state index in [-0.39, 0.29) is 6.03 Å². The van der Waals surface area contributed by atoms with Gasteiger partial charge in [-0.2, -0.15) is 0 Å². The summed E-state index contributed by atoms with van der Waals surface area (Å²) in [5.41, 5.74) is 3.14. The van der Waals surface area contributed by atoms with Crippen molar-refractivity contribution in [3.05, 3.63) is 63.9 Å². The van der Waals surface area contributed by atoms with Gasteiger partial charge in [0.05, 0.1) is 16.4 Å². The van der Waals surface area contributed by atoms with Crippen LogP contribution in [0, 0.1) is 6.92 Å². The van der Waals surface area contributed by atoms with Gasteiger partial charge in [0.2, 0.25) is 0 Å². The molecule has 0 aliphatic heterocycles. The SMILES string of the molecule is Cc1nc(-c2ccccc2NC(=O)Nc2ccc(Cl)cc2)cs1. The van der Waals surface area contributed by atoms with Crippen molar-refractivity contribution in [1.29, 1.82) is 0 Å². The number of hydrogen-bond donors (Lipinski definition) is 2. The molecule has 1 heterocycles. The van der Waals surface area contributed by atoms with Crippen LogP contribution in [0.2, 0.25) is 5.02 Å². The van der Waals surface area contributed by atoms with Crippen LogP contribution in [0.25, 0.3) is 11.3 Å². The number of halogens is 1. The van der Waals surface area contributed by atoms with Crippen LogP contribution in [-0.2, 0) is 0 Å². The highest BCUT2D eigenvalue weighted by molar-refractivity contribution is 7.09. The highest BCUT2D eigenvalue weighted by Gasteiger charge is 2.10. The maximum Gasteiger partial charge on any atom is 0.323 e. The Labute approximate surface area is 143 Å².